The van der Waals surface area contributed by atoms with E-state index in [1.807, 2.05) is 103 Å². The second-order valence-electron chi connectivity index (χ2n) is 10.7. The lowest BCUT2D eigenvalue weighted by atomic mass is 10.0. The molecule has 0 atom stereocenters. The molecule has 0 bridgehead atoms. The second kappa shape index (κ2) is 11.5. The van der Waals surface area contributed by atoms with Gasteiger partial charge in [-0.05, 0) is 41.0 Å². The van der Waals surface area contributed by atoms with Crippen molar-refractivity contribution in [2.24, 2.45) is 0 Å². The number of aromatic nitrogens is 4. The van der Waals surface area contributed by atoms with Crippen LogP contribution in [0.15, 0.2) is 162 Å². The summed E-state index contributed by atoms with van der Waals surface area (Å²) >= 11 is 0. The largest absolute Gasteiger partial charge is 0.436 e. The molecule has 0 spiro atoms. The maximum atomic E-state index is 6.15. The monoisotopic (exact) mass is 578 g/mol. The highest BCUT2D eigenvalue weighted by atomic mass is 16.3. The lowest BCUT2D eigenvalue weighted by Crippen LogP contribution is -2.00. The predicted octanol–water partition coefficient (Wildman–Crippen LogP) is 10.0. The zero-order valence-electron chi connectivity index (χ0n) is 24.2. The summed E-state index contributed by atoms with van der Waals surface area (Å²) in [6, 6.07) is 53.0. The Hall–Kier alpha value is -6.20. The Labute approximate surface area is 260 Å². The van der Waals surface area contributed by atoms with Crippen molar-refractivity contribution in [3.63, 3.8) is 0 Å². The van der Waals surface area contributed by atoms with E-state index in [4.69, 9.17) is 24.4 Å². The van der Waals surface area contributed by atoms with Gasteiger partial charge in [0.1, 0.15) is 5.52 Å². The molecule has 0 radical (unpaired) electrons. The van der Waals surface area contributed by atoms with Crippen molar-refractivity contribution in [2.75, 3.05) is 0 Å². The first-order valence-corrected chi connectivity index (χ1v) is 14.8. The minimum absolute atomic E-state index is 0.599. The van der Waals surface area contributed by atoms with Gasteiger partial charge in [-0.1, -0.05) is 133 Å². The van der Waals surface area contributed by atoms with E-state index >= 15 is 0 Å². The summed E-state index contributed by atoms with van der Waals surface area (Å²) < 4.78 is 6.15. The van der Waals surface area contributed by atoms with Crippen LogP contribution in [0.3, 0.4) is 0 Å². The number of rotatable bonds is 6. The molecule has 2 heterocycles. The Morgan fingerprint density at radius 2 is 0.800 bits per heavy atom. The van der Waals surface area contributed by atoms with Crippen molar-refractivity contribution < 1.29 is 4.42 Å². The van der Waals surface area contributed by atoms with Gasteiger partial charge in [-0.15, -0.1) is 0 Å². The van der Waals surface area contributed by atoms with Gasteiger partial charge in [0.25, 0.3) is 0 Å². The predicted molar refractivity (Wildman–Crippen MR) is 180 cm³/mol. The van der Waals surface area contributed by atoms with E-state index in [1.54, 1.807) is 0 Å². The molecule has 8 rings (SSSR count). The number of oxazole rings is 1. The van der Waals surface area contributed by atoms with E-state index in [-0.39, 0.29) is 0 Å². The maximum absolute atomic E-state index is 6.15. The highest BCUT2D eigenvalue weighted by Gasteiger charge is 2.16. The van der Waals surface area contributed by atoms with Crippen LogP contribution >= 0.6 is 0 Å². The second-order valence-corrected chi connectivity index (χ2v) is 10.7. The lowest BCUT2D eigenvalue weighted by Gasteiger charge is -2.10. The van der Waals surface area contributed by atoms with E-state index in [0.717, 1.165) is 50.0 Å². The highest BCUT2D eigenvalue weighted by Crippen LogP contribution is 2.34. The molecule has 6 aromatic carbocycles. The molecule has 0 saturated carbocycles. The van der Waals surface area contributed by atoms with E-state index in [9.17, 15) is 0 Å². The molecular formula is C40H26N4O. The lowest BCUT2D eigenvalue weighted by molar-refractivity contribution is 0.620. The fourth-order valence-corrected chi connectivity index (χ4v) is 5.50. The average molecular weight is 579 g/mol. The van der Waals surface area contributed by atoms with Gasteiger partial charge in [-0.2, -0.15) is 0 Å². The standard InChI is InChI=1S/C40H26N4O/c1-4-12-27(13-5-1)28-22-24-30(25-23-28)38-42-37(29-14-6-2-7-15-29)43-39(44-38)33-19-10-18-32(26-33)34-20-11-21-35-36(34)41-40(45-35)31-16-8-3-9-17-31/h1-26H. The van der Waals surface area contributed by atoms with Crippen LogP contribution in [0.2, 0.25) is 0 Å². The summed E-state index contributed by atoms with van der Waals surface area (Å²) in [4.78, 5) is 19.7. The molecule has 45 heavy (non-hydrogen) atoms. The van der Waals surface area contributed by atoms with Crippen molar-refractivity contribution in [1.82, 2.24) is 19.9 Å². The van der Waals surface area contributed by atoms with Gasteiger partial charge in [0, 0.05) is 27.8 Å². The number of benzene rings is 6. The first-order chi connectivity index (χ1) is 22.3. The smallest absolute Gasteiger partial charge is 0.227 e. The third kappa shape index (κ3) is 5.28. The van der Waals surface area contributed by atoms with E-state index in [2.05, 4.69) is 54.6 Å². The van der Waals surface area contributed by atoms with Crippen LogP contribution in [0.1, 0.15) is 0 Å². The normalized spacial score (nSPS) is 11.1. The van der Waals surface area contributed by atoms with Crippen LogP contribution in [-0.4, -0.2) is 19.9 Å². The highest BCUT2D eigenvalue weighted by molar-refractivity contribution is 5.93. The van der Waals surface area contributed by atoms with E-state index in [1.165, 1.54) is 5.56 Å². The summed E-state index contributed by atoms with van der Waals surface area (Å²) in [5.74, 6) is 2.45. The Morgan fingerprint density at radius 1 is 0.333 bits per heavy atom. The number of fused-ring (bicyclic) bond motifs is 1. The van der Waals surface area contributed by atoms with Gasteiger partial charge >= 0.3 is 0 Å². The Kier molecular flexibility index (Phi) is 6.74. The van der Waals surface area contributed by atoms with Crippen molar-refractivity contribution in [2.45, 2.75) is 0 Å². The summed E-state index contributed by atoms with van der Waals surface area (Å²) in [6.07, 6.45) is 0. The molecule has 5 nitrogen and oxygen atoms in total. The molecule has 0 aliphatic carbocycles. The zero-order chi connectivity index (χ0) is 30.0. The van der Waals surface area contributed by atoms with Crippen LogP contribution in [-0.2, 0) is 0 Å². The molecule has 0 saturated heterocycles. The summed E-state index contributed by atoms with van der Waals surface area (Å²) in [5.41, 5.74) is 9.53. The fourth-order valence-electron chi connectivity index (χ4n) is 5.50. The first kappa shape index (κ1) is 26.4. The Bertz CT molecular complexity index is 2250. The summed E-state index contributed by atoms with van der Waals surface area (Å²) in [6.45, 7) is 0. The van der Waals surface area contributed by atoms with E-state index < -0.39 is 0 Å². The molecule has 8 aromatic rings. The van der Waals surface area contributed by atoms with E-state index in [0.29, 0.717) is 23.4 Å². The summed E-state index contributed by atoms with van der Waals surface area (Å²) in [7, 11) is 0. The molecule has 5 heteroatoms. The molecule has 0 aliphatic heterocycles. The molecule has 0 N–H and O–H groups in total. The van der Waals surface area contributed by atoms with Gasteiger partial charge < -0.3 is 4.42 Å². The van der Waals surface area contributed by atoms with Crippen molar-refractivity contribution in [1.29, 1.82) is 0 Å². The third-order valence-electron chi connectivity index (χ3n) is 7.79. The Balaban J connectivity index is 1.22. The molecule has 0 fully saturated rings. The van der Waals surface area contributed by atoms with Gasteiger partial charge in [-0.25, -0.2) is 19.9 Å². The van der Waals surface area contributed by atoms with Crippen molar-refractivity contribution in [3.8, 4) is 67.9 Å². The number of hydrogen-bond acceptors (Lipinski definition) is 5. The Morgan fingerprint density at radius 3 is 1.47 bits per heavy atom. The molecule has 0 aliphatic rings. The number of hydrogen-bond donors (Lipinski definition) is 0. The van der Waals surface area contributed by atoms with Gasteiger partial charge in [0.05, 0.1) is 0 Å². The first-order valence-electron chi connectivity index (χ1n) is 14.8. The molecule has 2 aromatic heterocycles. The fraction of sp³-hybridized carbons (Fsp3) is 0. The maximum Gasteiger partial charge on any atom is 0.227 e. The van der Waals surface area contributed by atoms with Crippen LogP contribution in [0.5, 0.6) is 0 Å². The number of nitrogens with zero attached hydrogens (tertiary/aromatic N) is 4. The molecule has 0 unspecified atom stereocenters. The van der Waals surface area contributed by atoms with Gasteiger partial charge in [-0.3, -0.25) is 0 Å². The topological polar surface area (TPSA) is 64.7 Å². The summed E-state index contributed by atoms with van der Waals surface area (Å²) in [5, 5.41) is 0. The number of para-hydroxylation sites is 1. The van der Waals surface area contributed by atoms with Gasteiger partial charge in [0.2, 0.25) is 5.89 Å². The van der Waals surface area contributed by atoms with Crippen LogP contribution in [0, 0.1) is 0 Å². The minimum Gasteiger partial charge on any atom is -0.436 e. The third-order valence-corrected chi connectivity index (χ3v) is 7.79. The molecular weight excluding hydrogens is 552 g/mol. The zero-order valence-corrected chi connectivity index (χ0v) is 24.2. The van der Waals surface area contributed by atoms with Crippen LogP contribution in [0.25, 0.3) is 79.0 Å². The van der Waals surface area contributed by atoms with Gasteiger partial charge in [0.15, 0.2) is 23.1 Å². The van der Waals surface area contributed by atoms with Crippen LogP contribution < -0.4 is 0 Å². The SMILES string of the molecule is c1ccc(-c2ccc(-c3nc(-c4ccccc4)nc(-c4cccc(-c5cccc6oc(-c7ccccc7)nc56)c4)n3)cc2)cc1. The molecule has 212 valence electrons. The quantitative estimate of drug-likeness (QED) is 0.196. The molecule has 0 amide bonds. The van der Waals surface area contributed by atoms with Crippen LogP contribution in [0.4, 0.5) is 0 Å². The van der Waals surface area contributed by atoms with Crippen molar-refractivity contribution >= 4 is 11.1 Å². The van der Waals surface area contributed by atoms with Crippen molar-refractivity contribution in [3.05, 3.63) is 158 Å². The minimum atomic E-state index is 0.599. The average Bonchev–Trinajstić information content (AvgIpc) is 3.58.